The van der Waals surface area contributed by atoms with Crippen molar-refractivity contribution >= 4 is 34.2 Å². The zero-order chi connectivity index (χ0) is 15.5. The van der Waals surface area contributed by atoms with Gasteiger partial charge in [0.05, 0.1) is 4.92 Å². The fourth-order valence-electron chi connectivity index (χ4n) is 3.04. The molecule has 1 aromatic rings. The highest BCUT2D eigenvalue weighted by atomic mass is 79.9. The lowest BCUT2D eigenvalue weighted by Crippen LogP contribution is -2.34. The molecule has 0 saturated heterocycles. The lowest BCUT2D eigenvalue weighted by Gasteiger charge is -2.31. The van der Waals surface area contributed by atoms with Crippen LogP contribution in [0.1, 0.15) is 38.5 Å². The Labute approximate surface area is 137 Å². The molecule has 1 fully saturated rings. The van der Waals surface area contributed by atoms with E-state index < -0.39 is 10.5 Å². The quantitative estimate of drug-likeness (QED) is 0.377. The van der Waals surface area contributed by atoms with E-state index in [0.29, 0.717) is 16.8 Å². The lowest BCUT2D eigenvalue weighted by atomic mass is 9.82. The molecule has 0 unspecified atom stereocenters. The number of nitrogens with zero attached hydrogens (tertiary/aromatic N) is 2. The Morgan fingerprint density at radius 2 is 1.95 bits per heavy atom. The van der Waals surface area contributed by atoms with E-state index in [-0.39, 0.29) is 11.1 Å². The molecule has 21 heavy (non-hydrogen) atoms. The first-order valence-corrected chi connectivity index (χ1v) is 8.55. The van der Waals surface area contributed by atoms with E-state index >= 15 is 0 Å². The third-order valence-electron chi connectivity index (χ3n) is 4.24. The molecule has 1 heterocycles. The van der Waals surface area contributed by atoms with Crippen LogP contribution in [0, 0.1) is 15.5 Å². The van der Waals surface area contributed by atoms with Crippen LogP contribution in [0.2, 0.25) is 0 Å². The fourth-order valence-corrected chi connectivity index (χ4v) is 3.92. The molecule has 1 aliphatic rings. The number of hydrogen-bond acceptors (Lipinski definition) is 4. The van der Waals surface area contributed by atoms with Gasteiger partial charge in [-0.05, 0) is 39.9 Å². The Hall–Kier alpha value is -0.820. The van der Waals surface area contributed by atoms with Gasteiger partial charge < -0.3 is 4.57 Å². The van der Waals surface area contributed by atoms with E-state index in [1.807, 2.05) is 0 Å². The molecule has 2 rings (SSSR count). The summed E-state index contributed by atoms with van der Waals surface area (Å²) in [4.78, 5) is 22.6. The van der Waals surface area contributed by atoms with Gasteiger partial charge >= 0.3 is 11.2 Å². The largest absolute Gasteiger partial charge is 0.335 e. The monoisotopic (exact) mass is 374 g/mol. The van der Waals surface area contributed by atoms with Crippen LogP contribution in [0.5, 0.6) is 0 Å². The van der Waals surface area contributed by atoms with Crippen molar-refractivity contribution in [3.05, 3.63) is 37.2 Å². The van der Waals surface area contributed by atoms with E-state index in [2.05, 4.69) is 28.6 Å². The molecule has 0 aromatic carbocycles. The molecular weight excluding hydrogens is 356 g/mol. The first-order valence-electron chi connectivity index (χ1n) is 7.13. The second-order valence-electron chi connectivity index (χ2n) is 5.81. The van der Waals surface area contributed by atoms with Crippen LogP contribution < -0.4 is 5.56 Å². The maximum Gasteiger partial charge on any atom is 0.335 e. The second kappa shape index (κ2) is 6.96. The van der Waals surface area contributed by atoms with Gasteiger partial charge in [0, 0.05) is 23.3 Å². The summed E-state index contributed by atoms with van der Waals surface area (Å²) in [5.41, 5.74) is -0.959. The summed E-state index contributed by atoms with van der Waals surface area (Å²) in [6.45, 7) is 0.496. The van der Waals surface area contributed by atoms with Gasteiger partial charge in [-0.3, -0.25) is 14.9 Å². The highest BCUT2D eigenvalue weighted by Gasteiger charge is 2.31. The Morgan fingerprint density at radius 1 is 1.33 bits per heavy atom. The minimum absolute atomic E-state index is 0.0436. The van der Waals surface area contributed by atoms with Crippen LogP contribution in [0.25, 0.3) is 0 Å². The predicted octanol–water partition coefficient (Wildman–Crippen LogP) is 3.79. The number of halogens is 1. The van der Waals surface area contributed by atoms with Crippen LogP contribution in [0.4, 0.5) is 5.69 Å². The highest BCUT2D eigenvalue weighted by molar-refractivity contribution is 9.10. The topological polar surface area (TPSA) is 65.1 Å². The average Bonchev–Trinajstić information content (AvgIpc) is 2.68. The van der Waals surface area contributed by atoms with Crippen LogP contribution in [0.15, 0.2) is 21.5 Å². The van der Waals surface area contributed by atoms with Crippen molar-refractivity contribution in [2.24, 2.45) is 5.41 Å². The zero-order valence-electron chi connectivity index (χ0n) is 11.8. The molecular formula is C14H19BrN2O3S. The number of aromatic nitrogens is 1. The van der Waals surface area contributed by atoms with Gasteiger partial charge in [-0.25, -0.2) is 0 Å². The van der Waals surface area contributed by atoms with Crippen molar-refractivity contribution in [2.45, 2.75) is 45.1 Å². The van der Waals surface area contributed by atoms with Gasteiger partial charge in [-0.2, -0.15) is 12.6 Å². The number of thiol groups is 1. The number of rotatable bonds is 4. The van der Waals surface area contributed by atoms with E-state index in [1.54, 1.807) is 6.20 Å². The van der Waals surface area contributed by atoms with Crippen molar-refractivity contribution in [1.82, 2.24) is 4.57 Å². The molecule has 7 heteroatoms. The average molecular weight is 375 g/mol. The van der Waals surface area contributed by atoms with E-state index in [0.717, 1.165) is 25.7 Å². The van der Waals surface area contributed by atoms with Crippen LogP contribution in [0.3, 0.4) is 0 Å². The Morgan fingerprint density at radius 3 is 2.48 bits per heavy atom. The molecule has 0 bridgehead atoms. The second-order valence-corrected chi connectivity index (χ2v) is 7.04. The zero-order valence-corrected chi connectivity index (χ0v) is 14.2. The highest BCUT2D eigenvalue weighted by Crippen LogP contribution is 2.37. The SMILES string of the molecule is O=c1c([N+](=O)[O-])cc(Br)cn1CC1(CS)CCCCCC1. The Bertz CT molecular complexity index is 580. The van der Waals surface area contributed by atoms with Crippen molar-refractivity contribution < 1.29 is 4.92 Å². The van der Waals surface area contributed by atoms with Crippen molar-refractivity contribution in [1.29, 1.82) is 0 Å². The van der Waals surface area contributed by atoms with Crippen molar-refractivity contribution in [2.75, 3.05) is 5.75 Å². The molecule has 0 aliphatic heterocycles. The summed E-state index contributed by atoms with van der Waals surface area (Å²) in [6.07, 6.45) is 8.36. The van der Waals surface area contributed by atoms with E-state index in [1.165, 1.54) is 23.5 Å². The number of pyridine rings is 1. The van der Waals surface area contributed by atoms with Crippen LogP contribution in [-0.2, 0) is 6.54 Å². The summed E-state index contributed by atoms with van der Waals surface area (Å²) in [6, 6.07) is 1.26. The predicted molar refractivity (Wildman–Crippen MR) is 89.0 cm³/mol. The molecule has 0 atom stereocenters. The molecule has 0 N–H and O–H groups in total. The van der Waals surface area contributed by atoms with Gasteiger partial charge in [0.1, 0.15) is 0 Å². The lowest BCUT2D eigenvalue weighted by molar-refractivity contribution is -0.386. The van der Waals surface area contributed by atoms with Crippen LogP contribution in [-0.4, -0.2) is 15.2 Å². The summed E-state index contributed by atoms with van der Waals surface area (Å²) >= 11 is 7.75. The van der Waals surface area contributed by atoms with Gasteiger partial charge in [0.15, 0.2) is 0 Å². The smallest absolute Gasteiger partial charge is 0.308 e. The van der Waals surface area contributed by atoms with E-state index in [4.69, 9.17) is 0 Å². The molecule has 5 nitrogen and oxygen atoms in total. The number of hydrogen-bond donors (Lipinski definition) is 1. The molecule has 1 aromatic heterocycles. The maximum atomic E-state index is 12.3. The van der Waals surface area contributed by atoms with E-state index in [9.17, 15) is 14.9 Å². The van der Waals surface area contributed by atoms with Crippen molar-refractivity contribution in [3.8, 4) is 0 Å². The molecule has 116 valence electrons. The third kappa shape index (κ3) is 3.88. The van der Waals surface area contributed by atoms with Gasteiger partial charge in [-0.1, -0.05) is 25.7 Å². The Kier molecular flexibility index (Phi) is 5.48. The molecule has 1 saturated carbocycles. The van der Waals surface area contributed by atoms with Crippen molar-refractivity contribution in [3.63, 3.8) is 0 Å². The number of nitro groups is 1. The summed E-state index contributed by atoms with van der Waals surface area (Å²) in [5.74, 6) is 0.694. The van der Waals surface area contributed by atoms with Gasteiger partial charge in [-0.15, -0.1) is 0 Å². The standard InChI is InChI=1S/C14H19BrN2O3S/c15-11-7-12(17(19)20)13(18)16(8-11)9-14(10-21)5-3-1-2-4-6-14/h7-8,21H,1-6,9-10H2. The first kappa shape index (κ1) is 16.5. The minimum atomic E-state index is -0.621. The molecule has 0 amide bonds. The van der Waals surface area contributed by atoms with Gasteiger partial charge in [0.25, 0.3) is 0 Å². The summed E-state index contributed by atoms with van der Waals surface area (Å²) < 4.78 is 2.03. The van der Waals surface area contributed by atoms with Gasteiger partial charge in [0.2, 0.25) is 0 Å². The normalized spacial score (nSPS) is 18.2. The molecule has 1 aliphatic carbocycles. The molecule has 0 spiro atoms. The minimum Gasteiger partial charge on any atom is -0.308 e. The van der Waals surface area contributed by atoms with Crippen LogP contribution >= 0.6 is 28.6 Å². The summed E-state index contributed by atoms with van der Waals surface area (Å²) in [7, 11) is 0. The molecule has 0 radical (unpaired) electrons. The maximum absolute atomic E-state index is 12.3. The first-order chi connectivity index (χ1) is 9.97. The summed E-state index contributed by atoms with van der Waals surface area (Å²) in [5, 5.41) is 11.0. The fraction of sp³-hybridized carbons (Fsp3) is 0.643. The Balaban J connectivity index is 2.37. The third-order valence-corrected chi connectivity index (χ3v) is 5.34.